The highest BCUT2D eigenvalue weighted by atomic mass is 32.1. The third-order valence-corrected chi connectivity index (χ3v) is 4.65. The quantitative estimate of drug-likeness (QED) is 0.615. The van der Waals surface area contributed by atoms with Gasteiger partial charge in [-0.2, -0.15) is 0 Å². The van der Waals surface area contributed by atoms with Crippen LogP contribution in [0.3, 0.4) is 0 Å². The maximum absolute atomic E-state index is 11.6. The molecule has 0 bridgehead atoms. The van der Waals surface area contributed by atoms with E-state index in [4.69, 9.17) is 10.7 Å². The lowest BCUT2D eigenvalue weighted by Crippen LogP contribution is -2.12. The second kappa shape index (κ2) is 4.89. The van der Waals surface area contributed by atoms with Crippen LogP contribution in [0.25, 0.3) is 31.6 Å². The highest BCUT2D eigenvalue weighted by Crippen LogP contribution is 2.35. The molecule has 0 fully saturated rings. The standard InChI is InChI=1S/C17H11N3OS/c18-16(21)12-7-8-19-9-13(12)17-20-15-11-4-2-1-3-10(11)5-6-14(15)22-17/h1-9H,(H2,18,21). The van der Waals surface area contributed by atoms with Crippen molar-refractivity contribution in [2.75, 3.05) is 0 Å². The molecule has 0 unspecified atom stereocenters. The Balaban J connectivity index is 2.01. The maximum atomic E-state index is 11.6. The molecular formula is C17H11N3OS. The van der Waals surface area contributed by atoms with E-state index in [1.807, 2.05) is 12.1 Å². The van der Waals surface area contributed by atoms with Crippen molar-refractivity contribution in [2.24, 2.45) is 5.73 Å². The van der Waals surface area contributed by atoms with Crippen molar-refractivity contribution in [3.05, 3.63) is 60.4 Å². The predicted molar refractivity (Wildman–Crippen MR) is 88.9 cm³/mol. The van der Waals surface area contributed by atoms with Crippen LogP contribution in [-0.4, -0.2) is 15.9 Å². The average Bonchev–Trinajstić information content (AvgIpc) is 2.99. The fourth-order valence-electron chi connectivity index (χ4n) is 2.56. The summed E-state index contributed by atoms with van der Waals surface area (Å²) in [4.78, 5) is 20.4. The predicted octanol–water partition coefficient (Wildman–Crippen LogP) is 3.61. The first kappa shape index (κ1) is 12.9. The van der Waals surface area contributed by atoms with Crippen LogP contribution in [0.2, 0.25) is 0 Å². The summed E-state index contributed by atoms with van der Waals surface area (Å²) in [5.41, 5.74) is 7.51. The van der Waals surface area contributed by atoms with E-state index in [2.05, 4.69) is 29.2 Å². The van der Waals surface area contributed by atoms with Gasteiger partial charge in [0.25, 0.3) is 0 Å². The molecule has 2 N–H and O–H groups in total. The number of thiazole rings is 1. The highest BCUT2D eigenvalue weighted by Gasteiger charge is 2.15. The molecular weight excluding hydrogens is 294 g/mol. The van der Waals surface area contributed by atoms with Crippen LogP contribution in [0.1, 0.15) is 10.4 Å². The van der Waals surface area contributed by atoms with Crippen LogP contribution in [0.4, 0.5) is 0 Å². The lowest BCUT2D eigenvalue weighted by Gasteiger charge is -2.01. The summed E-state index contributed by atoms with van der Waals surface area (Å²) >= 11 is 1.54. The van der Waals surface area contributed by atoms with E-state index >= 15 is 0 Å². The fraction of sp³-hybridized carbons (Fsp3) is 0. The first-order valence-corrected chi connectivity index (χ1v) is 7.58. The summed E-state index contributed by atoms with van der Waals surface area (Å²) in [5, 5.41) is 3.01. The molecule has 2 heterocycles. The molecule has 2 aromatic carbocycles. The summed E-state index contributed by atoms with van der Waals surface area (Å²) in [6.45, 7) is 0. The molecule has 0 atom stereocenters. The highest BCUT2D eigenvalue weighted by molar-refractivity contribution is 7.21. The Kier molecular flexibility index (Phi) is 2.87. The summed E-state index contributed by atoms with van der Waals surface area (Å²) in [6, 6.07) is 13.9. The Morgan fingerprint density at radius 1 is 1.09 bits per heavy atom. The second-order valence-corrected chi connectivity index (χ2v) is 5.97. The number of carbonyl (C=O) groups excluding carboxylic acids is 1. The Hall–Kier alpha value is -2.79. The molecule has 0 saturated heterocycles. The topological polar surface area (TPSA) is 68.9 Å². The molecule has 106 valence electrons. The van der Waals surface area contributed by atoms with Gasteiger partial charge >= 0.3 is 0 Å². The van der Waals surface area contributed by atoms with E-state index in [0.29, 0.717) is 11.1 Å². The number of nitrogens with zero attached hydrogens (tertiary/aromatic N) is 2. The summed E-state index contributed by atoms with van der Waals surface area (Å²) in [7, 11) is 0. The number of benzene rings is 2. The number of amides is 1. The lowest BCUT2D eigenvalue weighted by molar-refractivity contribution is 0.100. The first-order valence-electron chi connectivity index (χ1n) is 6.76. The van der Waals surface area contributed by atoms with Gasteiger partial charge in [0.15, 0.2) is 0 Å². The second-order valence-electron chi connectivity index (χ2n) is 4.94. The number of rotatable bonds is 2. The lowest BCUT2D eigenvalue weighted by atomic mass is 10.1. The van der Waals surface area contributed by atoms with Gasteiger partial charge in [-0.05, 0) is 17.5 Å². The van der Waals surface area contributed by atoms with Crippen LogP contribution in [0, 0.1) is 0 Å². The SMILES string of the molecule is NC(=O)c1ccncc1-c1nc2c(ccc3ccccc32)s1. The summed E-state index contributed by atoms with van der Waals surface area (Å²) < 4.78 is 1.08. The molecule has 22 heavy (non-hydrogen) atoms. The van der Waals surface area contributed by atoms with Gasteiger partial charge in [-0.25, -0.2) is 4.98 Å². The molecule has 0 aliphatic heterocycles. The van der Waals surface area contributed by atoms with E-state index in [0.717, 1.165) is 26.0 Å². The fourth-order valence-corrected chi connectivity index (χ4v) is 3.56. The van der Waals surface area contributed by atoms with Crippen molar-refractivity contribution in [2.45, 2.75) is 0 Å². The minimum atomic E-state index is -0.471. The molecule has 0 saturated carbocycles. The van der Waals surface area contributed by atoms with E-state index in [-0.39, 0.29) is 0 Å². The van der Waals surface area contributed by atoms with Gasteiger partial charge in [0.2, 0.25) is 5.91 Å². The van der Waals surface area contributed by atoms with Gasteiger partial charge in [0.05, 0.1) is 15.8 Å². The zero-order chi connectivity index (χ0) is 15.1. The molecule has 1 amide bonds. The maximum Gasteiger partial charge on any atom is 0.249 e. The van der Waals surface area contributed by atoms with Gasteiger partial charge in [-0.3, -0.25) is 9.78 Å². The Labute approximate surface area is 130 Å². The monoisotopic (exact) mass is 305 g/mol. The molecule has 5 heteroatoms. The number of fused-ring (bicyclic) bond motifs is 3. The minimum Gasteiger partial charge on any atom is -0.366 e. The van der Waals surface area contributed by atoms with Gasteiger partial charge in [-0.1, -0.05) is 30.3 Å². The Morgan fingerprint density at radius 3 is 2.82 bits per heavy atom. The molecule has 4 aromatic rings. The Morgan fingerprint density at radius 2 is 1.95 bits per heavy atom. The first-order chi connectivity index (χ1) is 10.7. The van der Waals surface area contributed by atoms with Crippen LogP contribution < -0.4 is 5.73 Å². The van der Waals surface area contributed by atoms with E-state index in [1.165, 1.54) is 11.3 Å². The van der Waals surface area contributed by atoms with Crippen molar-refractivity contribution in [3.8, 4) is 10.6 Å². The molecule has 4 rings (SSSR count). The smallest absolute Gasteiger partial charge is 0.249 e. The largest absolute Gasteiger partial charge is 0.366 e. The molecule has 2 aromatic heterocycles. The Bertz CT molecular complexity index is 1020. The van der Waals surface area contributed by atoms with Crippen LogP contribution in [-0.2, 0) is 0 Å². The number of primary amides is 1. The summed E-state index contributed by atoms with van der Waals surface area (Å²) in [5.74, 6) is -0.471. The van der Waals surface area contributed by atoms with Crippen LogP contribution in [0.15, 0.2) is 54.9 Å². The molecule has 0 aliphatic rings. The average molecular weight is 305 g/mol. The number of nitrogens with two attached hydrogens (primary N) is 1. The van der Waals surface area contributed by atoms with Crippen molar-refractivity contribution in [3.63, 3.8) is 0 Å². The van der Waals surface area contributed by atoms with Gasteiger partial charge in [0, 0.05) is 23.3 Å². The van der Waals surface area contributed by atoms with Gasteiger partial charge in [-0.15, -0.1) is 11.3 Å². The van der Waals surface area contributed by atoms with E-state index in [9.17, 15) is 4.79 Å². The van der Waals surface area contributed by atoms with Gasteiger partial charge in [0.1, 0.15) is 5.01 Å². The molecule has 0 spiro atoms. The zero-order valence-corrected chi connectivity index (χ0v) is 12.3. The molecule has 4 nitrogen and oxygen atoms in total. The number of hydrogen-bond acceptors (Lipinski definition) is 4. The van der Waals surface area contributed by atoms with Crippen molar-refractivity contribution >= 4 is 38.2 Å². The van der Waals surface area contributed by atoms with Crippen LogP contribution in [0.5, 0.6) is 0 Å². The van der Waals surface area contributed by atoms with Crippen molar-refractivity contribution < 1.29 is 4.79 Å². The number of pyridine rings is 1. The van der Waals surface area contributed by atoms with Crippen molar-refractivity contribution in [1.29, 1.82) is 0 Å². The number of carbonyl (C=O) groups is 1. The minimum absolute atomic E-state index is 0.443. The third kappa shape index (κ3) is 1.95. The summed E-state index contributed by atoms with van der Waals surface area (Å²) in [6.07, 6.45) is 3.20. The number of hydrogen-bond donors (Lipinski definition) is 1. The zero-order valence-electron chi connectivity index (χ0n) is 11.5. The molecule has 0 radical (unpaired) electrons. The van der Waals surface area contributed by atoms with Crippen LogP contribution >= 0.6 is 11.3 Å². The molecule has 0 aliphatic carbocycles. The van der Waals surface area contributed by atoms with Crippen molar-refractivity contribution in [1.82, 2.24) is 9.97 Å². The normalized spacial score (nSPS) is 11.1. The number of aromatic nitrogens is 2. The van der Waals surface area contributed by atoms with E-state index < -0.39 is 5.91 Å². The van der Waals surface area contributed by atoms with Gasteiger partial charge < -0.3 is 5.73 Å². The third-order valence-electron chi connectivity index (χ3n) is 3.60. The van der Waals surface area contributed by atoms with E-state index in [1.54, 1.807) is 18.5 Å².